The number of rotatable bonds is 8. The highest BCUT2D eigenvalue weighted by Gasteiger charge is 2.11. The van der Waals surface area contributed by atoms with Crippen LogP contribution >= 0.6 is 11.6 Å². The molecule has 0 aromatic rings. The van der Waals surface area contributed by atoms with Crippen LogP contribution in [0, 0.1) is 0 Å². The molecule has 82 valence electrons. The van der Waals surface area contributed by atoms with E-state index >= 15 is 0 Å². The molecular formula is C10H17ClO3. The predicted molar refractivity (Wildman–Crippen MR) is 55.4 cm³/mol. The van der Waals surface area contributed by atoms with Crippen molar-refractivity contribution >= 4 is 22.6 Å². The van der Waals surface area contributed by atoms with Crippen LogP contribution in [0.2, 0.25) is 0 Å². The number of ether oxygens (including phenoxy) is 1. The van der Waals surface area contributed by atoms with Gasteiger partial charge in [-0.3, -0.25) is 9.59 Å². The van der Waals surface area contributed by atoms with E-state index in [1.165, 1.54) is 0 Å². The topological polar surface area (TPSA) is 43.4 Å². The molecule has 0 rings (SSSR count). The van der Waals surface area contributed by atoms with Crippen molar-refractivity contribution in [2.45, 2.75) is 45.1 Å². The van der Waals surface area contributed by atoms with Crippen LogP contribution in [-0.2, 0) is 14.3 Å². The highest BCUT2D eigenvalue weighted by Crippen LogP contribution is 2.07. The molecule has 4 heteroatoms. The van der Waals surface area contributed by atoms with Gasteiger partial charge < -0.3 is 4.74 Å². The van der Waals surface area contributed by atoms with Crippen LogP contribution in [0.15, 0.2) is 0 Å². The van der Waals surface area contributed by atoms with E-state index in [0.717, 1.165) is 6.42 Å². The maximum atomic E-state index is 11.3. The van der Waals surface area contributed by atoms with Crippen LogP contribution in [0.3, 0.4) is 0 Å². The lowest BCUT2D eigenvalue weighted by Crippen LogP contribution is -2.15. The number of methoxy groups -OCH3 is 1. The molecule has 0 aromatic carbocycles. The summed E-state index contributed by atoms with van der Waals surface area (Å²) in [4.78, 5) is 21.7. The first-order chi connectivity index (χ1) is 6.60. The van der Waals surface area contributed by atoms with E-state index in [0.29, 0.717) is 19.3 Å². The molecule has 0 aliphatic carbocycles. The molecular weight excluding hydrogens is 204 g/mol. The highest BCUT2D eigenvalue weighted by atomic mass is 35.5. The normalized spacial score (nSPS) is 12.5. The third kappa shape index (κ3) is 7.04. The molecule has 14 heavy (non-hydrogen) atoms. The molecule has 0 heterocycles. The van der Waals surface area contributed by atoms with Gasteiger partial charge in [0.1, 0.15) is 5.78 Å². The Bertz CT molecular complexity index is 188. The fourth-order valence-corrected chi connectivity index (χ4v) is 1.31. The van der Waals surface area contributed by atoms with E-state index < -0.39 is 0 Å². The molecule has 0 radical (unpaired) electrons. The van der Waals surface area contributed by atoms with Crippen LogP contribution in [0.25, 0.3) is 0 Å². The third-order valence-corrected chi connectivity index (χ3v) is 2.26. The molecule has 0 spiro atoms. The Balaban J connectivity index is 3.59. The van der Waals surface area contributed by atoms with Gasteiger partial charge in [-0.05, 0) is 24.4 Å². The molecule has 3 nitrogen and oxygen atoms in total. The summed E-state index contributed by atoms with van der Waals surface area (Å²) in [6, 6.07) is 0. The fourth-order valence-electron chi connectivity index (χ4n) is 1.17. The van der Waals surface area contributed by atoms with Crippen LogP contribution in [0.5, 0.6) is 0 Å². The van der Waals surface area contributed by atoms with E-state index in [9.17, 15) is 9.59 Å². The zero-order valence-corrected chi connectivity index (χ0v) is 9.47. The average Bonchev–Trinajstić information content (AvgIpc) is 2.13. The minimum atomic E-state index is -0.378. The van der Waals surface area contributed by atoms with Gasteiger partial charge in [-0.1, -0.05) is 6.92 Å². The Morgan fingerprint density at radius 1 is 1.36 bits per heavy atom. The number of carbonyl (C=O) groups excluding carboxylic acids is 2. The standard InChI is InChI=1S/C10H17ClO3/c1-3-9(14-2)7-8(12)5-4-6-10(11)13/h9H,3-7H2,1-2H3. The lowest BCUT2D eigenvalue weighted by Gasteiger charge is -2.11. The molecule has 0 amide bonds. The maximum absolute atomic E-state index is 11.3. The minimum absolute atomic E-state index is 0.00852. The van der Waals surface area contributed by atoms with Crippen molar-refractivity contribution in [3.63, 3.8) is 0 Å². The SMILES string of the molecule is CCC(CC(=O)CCCC(=O)Cl)OC. The molecule has 0 fully saturated rings. The van der Waals surface area contributed by atoms with Crippen LogP contribution in [0.1, 0.15) is 39.0 Å². The van der Waals surface area contributed by atoms with Gasteiger partial charge in [0.15, 0.2) is 0 Å². The van der Waals surface area contributed by atoms with Crippen molar-refractivity contribution in [1.29, 1.82) is 0 Å². The Kier molecular flexibility index (Phi) is 7.71. The second-order valence-corrected chi connectivity index (χ2v) is 3.64. The van der Waals surface area contributed by atoms with Crippen molar-refractivity contribution in [1.82, 2.24) is 0 Å². The largest absolute Gasteiger partial charge is 0.381 e. The summed E-state index contributed by atoms with van der Waals surface area (Å²) in [5.41, 5.74) is 0. The molecule has 1 unspecified atom stereocenters. The zero-order valence-electron chi connectivity index (χ0n) is 8.72. The summed E-state index contributed by atoms with van der Waals surface area (Å²) in [5.74, 6) is 0.136. The Morgan fingerprint density at radius 2 is 2.00 bits per heavy atom. The molecule has 0 aliphatic heterocycles. The van der Waals surface area contributed by atoms with Crippen molar-refractivity contribution < 1.29 is 14.3 Å². The van der Waals surface area contributed by atoms with Gasteiger partial charge in [0.2, 0.25) is 5.24 Å². The minimum Gasteiger partial charge on any atom is -0.381 e. The lowest BCUT2D eigenvalue weighted by atomic mass is 10.1. The van der Waals surface area contributed by atoms with Gasteiger partial charge in [-0.2, -0.15) is 0 Å². The first-order valence-corrected chi connectivity index (χ1v) is 5.20. The average molecular weight is 221 g/mol. The van der Waals surface area contributed by atoms with Crippen LogP contribution in [0.4, 0.5) is 0 Å². The summed E-state index contributed by atoms with van der Waals surface area (Å²) in [5, 5.41) is -0.378. The maximum Gasteiger partial charge on any atom is 0.221 e. The van der Waals surface area contributed by atoms with Gasteiger partial charge in [-0.15, -0.1) is 0 Å². The molecule has 0 aliphatic rings. The highest BCUT2D eigenvalue weighted by molar-refractivity contribution is 6.63. The molecule has 0 saturated heterocycles. The second-order valence-electron chi connectivity index (χ2n) is 3.22. The number of hydrogen-bond acceptors (Lipinski definition) is 3. The van der Waals surface area contributed by atoms with Crippen LogP contribution < -0.4 is 0 Å². The first kappa shape index (κ1) is 13.6. The van der Waals surface area contributed by atoms with Gasteiger partial charge >= 0.3 is 0 Å². The number of ketones is 1. The van der Waals surface area contributed by atoms with E-state index in [1.807, 2.05) is 6.92 Å². The Morgan fingerprint density at radius 3 is 2.43 bits per heavy atom. The van der Waals surface area contributed by atoms with Crippen molar-refractivity contribution in [2.24, 2.45) is 0 Å². The third-order valence-electron chi connectivity index (χ3n) is 2.07. The van der Waals surface area contributed by atoms with Crippen molar-refractivity contribution in [3.05, 3.63) is 0 Å². The fraction of sp³-hybridized carbons (Fsp3) is 0.800. The smallest absolute Gasteiger partial charge is 0.221 e. The molecule has 0 aromatic heterocycles. The zero-order chi connectivity index (χ0) is 11.0. The van der Waals surface area contributed by atoms with E-state index in [-0.39, 0.29) is 23.6 Å². The molecule has 1 atom stereocenters. The molecule has 0 N–H and O–H groups in total. The Hall–Kier alpha value is -0.410. The van der Waals surface area contributed by atoms with Gasteiger partial charge in [0.05, 0.1) is 6.10 Å². The van der Waals surface area contributed by atoms with Crippen molar-refractivity contribution in [2.75, 3.05) is 7.11 Å². The quantitative estimate of drug-likeness (QED) is 0.590. The Labute approximate surface area is 89.8 Å². The van der Waals surface area contributed by atoms with Crippen LogP contribution in [-0.4, -0.2) is 24.2 Å². The van der Waals surface area contributed by atoms with E-state index in [1.54, 1.807) is 7.11 Å². The summed E-state index contributed by atoms with van der Waals surface area (Å²) in [6.45, 7) is 1.98. The van der Waals surface area contributed by atoms with Gasteiger partial charge in [-0.25, -0.2) is 0 Å². The number of hydrogen-bond donors (Lipinski definition) is 0. The lowest BCUT2D eigenvalue weighted by molar-refractivity contribution is -0.121. The van der Waals surface area contributed by atoms with E-state index in [2.05, 4.69) is 0 Å². The molecule has 0 saturated carbocycles. The predicted octanol–water partition coefficient (Wildman–Crippen LogP) is 2.31. The molecule has 0 bridgehead atoms. The first-order valence-electron chi connectivity index (χ1n) is 4.83. The van der Waals surface area contributed by atoms with E-state index in [4.69, 9.17) is 16.3 Å². The second kappa shape index (κ2) is 7.94. The number of halogens is 1. The number of Topliss-reactive ketones (excluding diaryl/α,β-unsaturated/α-hetero) is 1. The summed E-state index contributed by atoms with van der Waals surface area (Å²) >= 11 is 5.15. The van der Waals surface area contributed by atoms with Gasteiger partial charge in [0.25, 0.3) is 0 Å². The number of carbonyl (C=O) groups is 2. The summed E-state index contributed by atoms with van der Waals surface area (Å²) < 4.78 is 5.08. The van der Waals surface area contributed by atoms with Crippen molar-refractivity contribution in [3.8, 4) is 0 Å². The monoisotopic (exact) mass is 220 g/mol. The summed E-state index contributed by atoms with van der Waals surface area (Å²) in [6.07, 6.45) is 2.51. The van der Waals surface area contributed by atoms with Gasteiger partial charge in [0, 0.05) is 26.4 Å². The summed E-state index contributed by atoms with van der Waals surface area (Å²) in [7, 11) is 1.60.